The van der Waals surface area contributed by atoms with Gasteiger partial charge in [-0.15, -0.1) is 0 Å². The summed E-state index contributed by atoms with van der Waals surface area (Å²) in [5.74, 6) is -2.55. The molecule has 10 heteroatoms. The molecule has 1 N–H and O–H groups in total. The van der Waals surface area contributed by atoms with Gasteiger partial charge in [-0.3, -0.25) is 19.3 Å². The Morgan fingerprint density at radius 1 is 0.851 bits per heavy atom. The number of carbonyl (C=O) groups excluding carboxylic acids is 3. The van der Waals surface area contributed by atoms with Gasteiger partial charge in [-0.1, -0.05) is 79.8 Å². The van der Waals surface area contributed by atoms with Crippen LogP contribution in [-0.4, -0.2) is 120 Å². The number of carbonyl (C=O) groups is 3. The molecule has 2 aromatic carbocycles. The summed E-state index contributed by atoms with van der Waals surface area (Å²) in [6.07, 6.45) is 8.55. The lowest BCUT2D eigenvalue weighted by atomic mass is 9.73. The van der Waals surface area contributed by atoms with Crippen LogP contribution in [0.4, 0.5) is 5.69 Å². The second-order valence-corrected chi connectivity index (χ2v) is 13.2. The van der Waals surface area contributed by atoms with Crippen LogP contribution in [0.15, 0.2) is 85.0 Å². The third kappa shape index (κ3) is 5.41. The number of para-hydroxylation sites is 1. The van der Waals surface area contributed by atoms with Gasteiger partial charge in [0.1, 0.15) is 11.6 Å². The molecule has 3 fully saturated rings. The van der Waals surface area contributed by atoms with E-state index in [1.54, 1.807) is 14.7 Å². The van der Waals surface area contributed by atoms with E-state index in [2.05, 4.69) is 4.90 Å². The maximum Gasteiger partial charge on any atom is 0.249 e. The zero-order valence-electron chi connectivity index (χ0n) is 26.9. The van der Waals surface area contributed by atoms with E-state index in [1.807, 2.05) is 91.9 Å². The van der Waals surface area contributed by atoms with Gasteiger partial charge in [0.15, 0.2) is 0 Å². The number of fused-ring (bicyclic) bond motifs is 2. The molecule has 47 heavy (non-hydrogen) atoms. The number of rotatable bonds is 9. The van der Waals surface area contributed by atoms with Crippen molar-refractivity contribution in [2.75, 3.05) is 64.0 Å². The van der Waals surface area contributed by atoms with Crippen molar-refractivity contribution in [3.63, 3.8) is 0 Å². The molecule has 5 heterocycles. The number of morpholine rings is 1. The van der Waals surface area contributed by atoms with E-state index >= 15 is 4.79 Å². The van der Waals surface area contributed by atoms with Crippen LogP contribution in [0.2, 0.25) is 0 Å². The van der Waals surface area contributed by atoms with Gasteiger partial charge in [-0.25, -0.2) is 0 Å². The second kappa shape index (κ2) is 13.0. The van der Waals surface area contributed by atoms with Crippen LogP contribution in [0.3, 0.4) is 0 Å². The number of benzene rings is 2. The Morgan fingerprint density at radius 3 is 2.26 bits per heavy atom. The standard InChI is InChI=1S/C37H44N4O6/c1-2-36-15-9-18-40(28-13-7-4-8-14-28)33(43)30(36)31-34(44)41(29(26-42)25-27-11-5-3-6-12-27)32-35(45)39(17-10-16-37(31,32)47-36)20-19-38-21-23-46-24-22-38/h3-16,29-32,42H,2,17-26H2,1H3/t29-,30+,31+,32?,36-,37+/m1/s1. The molecule has 7 rings (SSSR count). The fraction of sp³-hybridized carbons (Fsp3) is 0.486. The lowest BCUT2D eigenvalue weighted by Crippen LogP contribution is -2.59. The van der Waals surface area contributed by atoms with E-state index in [9.17, 15) is 14.7 Å². The highest BCUT2D eigenvalue weighted by molar-refractivity contribution is 6.04. The van der Waals surface area contributed by atoms with Gasteiger partial charge >= 0.3 is 0 Å². The monoisotopic (exact) mass is 640 g/mol. The molecule has 0 saturated carbocycles. The first-order valence-corrected chi connectivity index (χ1v) is 16.9. The van der Waals surface area contributed by atoms with E-state index in [0.717, 1.165) is 24.3 Å². The normalized spacial score (nSPS) is 31.4. The summed E-state index contributed by atoms with van der Waals surface area (Å²) < 4.78 is 12.7. The third-order valence-corrected chi connectivity index (χ3v) is 10.7. The molecule has 5 aliphatic rings. The van der Waals surface area contributed by atoms with Gasteiger partial charge in [0, 0.05) is 45.0 Å². The topological polar surface area (TPSA) is 103 Å². The highest BCUT2D eigenvalue weighted by Crippen LogP contribution is 2.59. The van der Waals surface area contributed by atoms with Gasteiger partial charge in [-0.2, -0.15) is 0 Å². The van der Waals surface area contributed by atoms with Crippen LogP contribution in [0.25, 0.3) is 0 Å². The summed E-state index contributed by atoms with van der Waals surface area (Å²) in [6, 6.07) is 17.4. The zero-order chi connectivity index (χ0) is 32.6. The number of hydrogen-bond donors (Lipinski definition) is 1. The lowest BCUT2D eigenvalue weighted by Gasteiger charge is -2.41. The predicted molar refractivity (Wildman–Crippen MR) is 176 cm³/mol. The van der Waals surface area contributed by atoms with Gasteiger partial charge < -0.3 is 29.3 Å². The summed E-state index contributed by atoms with van der Waals surface area (Å²) in [5.41, 5.74) is -0.772. The van der Waals surface area contributed by atoms with E-state index in [1.165, 1.54) is 0 Å². The summed E-state index contributed by atoms with van der Waals surface area (Å²) in [5, 5.41) is 10.8. The van der Waals surface area contributed by atoms with Crippen molar-refractivity contribution in [3.8, 4) is 0 Å². The molecule has 248 valence electrons. The molecule has 0 aromatic heterocycles. The average Bonchev–Trinajstić information content (AvgIpc) is 3.41. The number of aliphatic hydroxyl groups is 1. The van der Waals surface area contributed by atoms with Crippen molar-refractivity contribution >= 4 is 23.4 Å². The van der Waals surface area contributed by atoms with Gasteiger partial charge in [-0.05, 0) is 30.5 Å². The van der Waals surface area contributed by atoms with Crippen LogP contribution < -0.4 is 4.90 Å². The van der Waals surface area contributed by atoms with Crippen molar-refractivity contribution in [2.24, 2.45) is 11.8 Å². The Balaban J connectivity index is 1.31. The van der Waals surface area contributed by atoms with Crippen molar-refractivity contribution in [1.29, 1.82) is 0 Å². The molecule has 0 aliphatic carbocycles. The number of hydrogen-bond acceptors (Lipinski definition) is 7. The largest absolute Gasteiger partial charge is 0.394 e. The number of nitrogens with zero attached hydrogens (tertiary/aromatic N) is 4. The molecule has 10 nitrogen and oxygen atoms in total. The highest BCUT2D eigenvalue weighted by Gasteiger charge is 2.76. The molecule has 6 atom stereocenters. The fourth-order valence-corrected chi connectivity index (χ4v) is 8.40. The zero-order valence-corrected chi connectivity index (χ0v) is 26.9. The molecule has 0 radical (unpaired) electrons. The first-order valence-electron chi connectivity index (χ1n) is 16.9. The van der Waals surface area contributed by atoms with E-state index in [4.69, 9.17) is 9.47 Å². The lowest BCUT2D eigenvalue weighted by molar-refractivity contribution is -0.155. The SMILES string of the molecule is CC[C@@]12C=CCN(c3ccccc3)C(=O)[C@@H]1[C@H]1C(=O)N([C@@H](CO)Cc3ccccc3)C3C(=O)N(CCN4CCOCC4)CC=C[C@@]31O2. The average molecular weight is 641 g/mol. The van der Waals surface area contributed by atoms with Crippen molar-refractivity contribution in [1.82, 2.24) is 14.7 Å². The maximum absolute atomic E-state index is 15.0. The minimum Gasteiger partial charge on any atom is -0.394 e. The number of likely N-dealkylation sites (tertiary alicyclic amines) is 1. The number of anilines is 1. The minimum atomic E-state index is -1.38. The molecule has 1 unspecified atom stereocenters. The van der Waals surface area contributed by atoms with Gasteiger partial charge in [0.05, 0.1) is 43.3 Å². The van der Waals surface area contributed by atoms with Gasteiger partial charge in [0.25, 0.3) is 0 Å². The first-order chi connectivity index (χ1) is 22.9. The number of aliphatic hydroxyl groups excluding tert-OH is 1. The molecule has 3 saturated heterocycles. The Hall–Kier alpha value is -3.83. The molecule has 2 aromatic rings. The van der Waals surface area contributed by atoms with Crippen LogP contribution in [0.5, 0.6) is 0 Å². The van der Waals surface area contributed by atoms with Crippen LogP contribution in [-0.2, 0) is 30.3 Å². The highest BCUT2D eigenvalue weighted by atomic mass is 16.5. The van der Waals surface area contributed by atoms with E-state index in [0.29, 0.717) is 52.2 Å². The van der Waals surface area contributed by atoms with Crippen LogP contribution in [0.1, 0.15) is 18.9 Å². The Kier molecular flexibility index (Phi) is 8.78. The molecule has 0 bridgehead atoms. The van der Waals surface area contributed by atoms with Crippen molar-refractivity contribution in [2.45, 2.75) is 43.1 Å². The Labute approximate surface area is 276 Å². The summed E-state index contributed by atoms with van der Waals surface area (Å²) in [7, 11) is 0. The maximum atomic E-state index is 15.0. The van der Waals surface area contributed by atoms with Crippen LogP contribution >= 0.6 is 0 Å². The Morgan fingerprint density at radius 2 is 1.55 bits per heavy atom. The minimum absolute atomic E-state index is 0.197. The van der Waals surface area contributed by atoms with E-state index in [-0.39, 0.29) is 24.3 Å². The number of amides is 3. The molecular weight excluding hydrogens is 596 g/mol. The molecule has 1 spiro atoms. The third-order valence-electron chi connectivity index (χ3n) is 10.7. The van der Waals surface area contributed by atoms with Crippen molar-refractivity contribution < 1.29 is 29.0 Å². The van der Waals surface area contributed by atoms with E-state index < -0.39 is 35.1 Å². The summed E-state index contributed by atoms with van der Waals surface area (Å²) in [6.45, 7) is 6.45. The van der Waals surface area contributed by atoms with Gasteiger partial charge in [0.2, 0.25) is 17.7 Å². The quantitative estimate of drug-likeness (QED) is 0.420. The van der Waals surface area contributed by atoms with Crippen molar-refractivity contribution in [3.05, 3.63) is 90.5 Å². The molecule has 5 aliphatic heterocycles. The predicted octanol–water partition coefficient (Wildman–Crippen LogP) is 2.28. The second-order valence-electron chi connectivity index (χ2n) is 13.2. The smallest absolute Gasteiger partial charge is 0.249 e. The molecule has 3 amide bonds. The fourth-order valence-electron chi connectivity index (χ4n) is 8.40. The Bertz CT molecular complexity index is 1530. The first kappa shape index (κ1) is 31.8. The summed E-state index contributed by atoms with van der Waals surface area (Å²) >= 11 is 0. The number of ether oxygens (including phenoxy) is 2. The van der Waals surface area contributed by atoms with Crippen LogP contribution in [0, 0.1) is 11.8 Å². The molecular formula is C37H44N4O6. The summed E-state index contributed by atoms with van der Waals surface area (Å²) in [4.78, 5) is 52.0.